The van der Waals surface area contributed by atoms with Crippen molar-refractivity contribution in [1.82, 2.24) is 19.4 Å². The molecular formula is C27H28N4O3. The third kappa shape index (κ3) is 4.09. The maximum Gasteiger partial charge on any atom is 0.258 e. The molecule has 1 saturated heterocycles. The van der Waals surface area contributed by atoms with Gasteiger partial charge in [0.2, 0.25) is 0 Å². The Kier molecular flexibility index (Phi) is 6.16. The number of aromatic nitrogens is 3. The van der Waals surface area contributed by atoms with Gasteiger partial charge in [0.15, 0.2) is 17.1 Å². The van der Waals surface area contributed by atoms with Gasteiger partial charge in [0, 0.05) is 38.4 Å². The predicted octanol–water partition coefficient (Wildman–Crippen LogP) is 4.58. The van der Waals surface area contributed by atoms with Crippen molar-refractivity contribution in [3.63, 3.8) is 0 Å². The maximum absolute atomic E-state index is 13.9. The Morgan fingerprint density at radius 3 is 2.56 bits per heavy atom. The lowest BCUT2D eigenvalue weighted by Crippen LogP contribution is -2.41. The summed E-state index contributed by atoms with van der Waals surface area (Å²) in [6, 6.07) is 17.6. The van der Waals surface area contributed by atoms with Gasteiger partial charge in [0.25, 0.3) is 5.91 Å². The number of hydrogen-bond donors (Lipinski definition) is 0. The van der Waals surface area contributed by atoms with Gasteiger partial charge >= 0.3 is 0 Å². The van der Waals surface area contributed by atoms with E-state index in [2.05, 4.69) is 9.97 Å². The molecule has 0 N–H and O–H groups in total. The van der Waals surface area contributed by atoms with E-state index in [0.717, 1.165) is 36.4 Å². The van der Waals surface area contributed by atoms with E-state index in [4.69, 9.17) is 9.47 Å². The zero-order valence-corrected chi connectivity index (χ0v) is 19.5. The van der Waals surface area contributed by atoms with Crippen LogP contribution in [-0.2, 0) is 7.05 Å². The highest BCUT2D eigenvalue weighted by Crippen LogP contribution is 2.33. The van der Waals surface area contributed by atoms with Gasteiger partial charge in [-0.1, -0.05) is 42.5 Å². The molecule has 0 radical (unpaired) electrons. The molecule has 1 unspecified atom stereocenters. The molecule has 1 fully saturated rings. The van der Waals surface area contributed by atoms with Crippen LogP contribution in [0.5, 0.6) is 11.5 Å². The number of hydrogen-bond acceptors (Lipinski definition) is 5. The standard InChI is InChI=1S/C27H28N4O3/c1-30-25(20-10-4-3-5-11-20)23(24-26(30)29-15-14-28-24)27(32)31-16-8-9-19(17-31)18-34-22-13-7-6-12-21(22)33-2/h3-7,10-15,19H,8-9,16-18H2,1-2H3. The molecule has 5 rings (SSSR count). The molecule has 0 saturated carbocycles. The molecule has 2 aromatic carbocycles. The van der Waals surface area contributed by atoms with Gasteiger partial charge in [-0.2, -0.15) is 0 Å². The molecule has 0 spiro atoms. The first kappa shape index (κ1) is 21.9. The number of carbonyl (C=O) groups excluding carboxylic acids is 1. The van der Waals surface area contributed by atoms with E-state index in [-0.39, 0.29) is 11.8 Å². The van der Waals surface area contributed by atoms with Gasteiger partial charge in [-0.3, -0.25) is 9.78 Å². The topological polar surface area (TPSA) is 69.5 Å². The molecule has 4 aromatic rings. The average molecular weight is 457 g/mol. The number of likely N-dealkylation sites (tertiary alicyclic amines) is 1. The number of ether oxygens (including phenoxy) is 2. The van der Waals surface area contributed by atoms with Crippen molar-refractivity contribution in [2.75, 3.05) is 26.8 Å². The number of benzene rings is 2. The number of para-hydroxylation sites is 2. The molecular weight excluding hydrogens is 428 g/mol. The zero-order chi connectivity index (χ0) is 23.5. The molecule has 3 heterocycles. The number of methoxy groups -OCH3 is 1. The van der Waals surface area contributed by atoms with Crippen molar-refractivity contribution in [1.29, 1.82) is 0 Å². The van der Waals surface area contributed by atoms with Crippen LogP contribution in [0, 0.1) is 5.92 Å². The summed E-state index contributed by atoms with van der Waals surface area (Å²) in [4.78, 5) is 24.9. The quantitative estimate of drug-likeness (QED) is 0.425. The Morgan fingerprint density at radius 1 is 1.03 bits per heavy atom. The lowest BCUT2D eigenvalue weighted by Gasteiger charge is -2.33. The second-order valence-electron chi connectivity index (χ2n) is 8.60. The van der Waals surface area contributed by atoms with Crippen LogP contribution in [-0.4, -0.2) is 52.1 Å². The summed E-state index contributed by atoms with van der Waals surface area (Å²) in [5.74, 6) is 1.67. The summed E-state index contributed by atoms with van der Waals surface area (Å²) in [5, 5.41) is 0. The summed E-state index contributed by atoms with van der Waals surface area (Å²) < 4.78 is 13.4. The van der Waals surface area contributed by atoms with E-state index in [0.29, 0.717) is 35.6 Å². The largest absolute Gasteiger partial charge is 0.493 e. The molecule has 0 aliphatic carbocycles. The number of aryl methyl sites for hydroxylation is 1. The Hall–Kier alpha value is -3.87. The lowest BCUT2D eigenvalue weighted by molar-refractivity contribution is 0.0634. The van der Waals surface area contributed by atoms with E-state index in [9.17, 15) is 4.79 Å². The molecule has 1 aliphatic rings. The van der Waals surface area contributed by atoms with Crippen LogP contribution in [0.1, 0.15) is 23.2 Å². The smallest absolute Gasteiger partial charge is 0.258 e. The minimum Gasteiger partial charge on any atom is -0.493 e. The number of nitrogens with zero attached hydrogens (tertiary/aromatic N) is 4. The normalized spacial score (nSPS) is 15.9. The van der Waals surface area contributed by atoms with Gasteiger partial charge in [0.1, 0.15) is 5.52 Å². The van der Waals surface area contributed by atoms with Crippen LogP contribution in [0.2, 0.25) is 0 Å². The molecule has 174 valence electrons. The fourth-order valence-electron chi connectivity index (χ4n) is 4.76. The maximum atomic E-state index is 13.9. The average Bonchev–Trinajstić information content (AvgIpc) is 3.20. The number of carbonyl (C=O) groups is 1. The number of amides is 1. The van der Waals surface area contributed by atoms with E-state index < -0.39 is 0 Å². The molecule has 1 amide bonds. The minimum atomic E-state index is -0.00746. The summed E-state index contributed by atoms with van der Waals surface area (Å²) in [7, 11) is 3.58. The Bertz CT molecular complexity index is 1300. The minimum absolute atomic E-state index is 0.00746. The molecule has 7 heteroatoms. The first-order valence-corrected chi connectivity index (χ1v) is 11.6. The molecule has 2 aromatic heterocycles. The summed E-state index contributed by atoms with van der Waals surface area (Å²) in [5.41, 5.74) is 3.78. The van der Waals surface area contributed by atoms with Crippen molar-refractivity contribution >= 4 is 17.1 Å². The molecule has 7 nitrogen and oxygen atoms in total. The van der Waals surface area contributed by atoms with Crippen LogP contribution in [0.25, 0.3) is 22.4 Å². The highest BCUT2D eigenvalue weighted by Gasteiger charge is 2.31. The Morgan fingerprint density at radius 2 is 1.76 bits per heavy atom. The van der Waals surface area contributed by atoms with E-state index in [1.54, 1.807) is 19.5 Å². The zero-order valence-electron chi connectivity index (χ0n) is 19.5. The van der Waals surface area contributed by atoms with Crippen molar-refractivity contribution in [3.8, 4) is 22.8 Å². The van der Waals surface area contributed by atoms with Crippen LogP contribution >= 0.6 is 0 Å². The van der Waals surface area contributed by atoms with E-state index >= 15 is 0 Å². The summed E-state index contributed by atoms with van der Waals surface area (Å²) in [6.07, 6.45) is 5.26. The molecule has 0 bridgehead atoms. The molecule has 34 heavy (non-hydrogen) atoms. The Balaban J connectivity index is 1.42. The number of rotatable bonds is 6. The van der Waals surface area contributed by atoms with Gasteiger partial charge in [-0.25, -0.2) is 4.98 Å². The SMILES string of the molecule is COc1ccccc1OCC1CCCN(C(=O)c2c(-c3ccccc3)n(C)c3nccnc23)C1. The van der Waals surface area contributed by atoms with Crippen LogP contribution in [0.3, 0.4) is 0 Å². The Labute approximate surface area is 199 Å². The van der Waals surface area contributed by atoms with Crippen LogP contribution < -0.4 is 9.47 Å². The van der Waals surface area contributed by atoms with Crippen LogP contribution in [0.15, 0.2) is 67.0 Å². The summed E-state index contributed by atoms with van der Waals surface area (Å²) >= 11 is 0. The first-order chi connectivity index (χ1) is 16.7. The van der Waals surface area contributed by atoms with Gasteiger partial charge in [0.05, 0.1) is 25.0 Å². The van der Waals surface area contributed by atoms with Gasteiger partial charge in [-0.05, 0) is 30.5 Å². The molecule has 1 aliphatic heterocycles. The monoisotopic (exact) mass is 456 g/mol. The molecule has 1 atom stereocenters. The van der Waals surface area contributed by atoms with Crippen LogP contribution in [0.4, 0.5) is 0 Å². The van der Waals surface area contributed by atoms with Gasteiger partial charge in [-0.15, -0.1) is 0 Å². The van der Waals surface area contributed by atoms with Crippen molar-refractivity contribution < 1.29 is 14.3 Å². The summed E-state index contributed by atoms with van der Waals surface area (Å²) in [6.45, 7) is 1.89. The second-order valence-corrected chi connectivity index (χ2v) is 8.60. The second kappa shape index (κ2) is 9.55. The van der Waals surface area contributed by atoms with E-state index in [1.807, 2.05) is 71.1 Å². The highest BCUT2D eigenvalue weighted by atomic mass is 16.5. The van der Waals surface area contributed by atoms with Gasteiger partial charge < -0.3 is 18.9 Å². The highest BCUT2D eigenvalue weighted by molar-refractivity contribution is 6.10. The first-order valence-electron chi connectivity index (χ1n) is 11.6. The predicted molar refractivity (Wildman–Crippen MR) is 131 cm³/mol. The van der Waals surface area contributed by atoms with Crippen molar-refractivity contribution in [2.24, 2.45) is 13.0 Å². The van der Waals surface area contributed by atoms with Crippen molar-refractivity contribution in [3.05, 3.63) is 72.6 Å². The fraction of sp³-hybridized carbons (Fsp3) is 0.296. The van der Waals surface area contributed by atoms with E-state index in [1.165, 1.54) is 0 Å². The third-order valence-corrected chi connectivity index (χ3v) is 6.42. The van der Waals surface area contributed by atoms with Crippen molar-refractivity contribution in [2.45, 2.75) is 12.8 Å². The fourth-order valence-corrected chi connectivity index (χ4v) is 4.76. The lowest BCUT2D eigenvalue weighted by atomic mass is 9.97. The number of piperidine rings is 1. The number of fused-ring (bicyclic) bond motifs is 1. The third-order valence-electron chi connectivity index (χ3n) is 6.42.